The number of aryl methyl sites for hydroxylation is 2. The van der Waals surface area contributed by atoms with E-state index in [1.165, 1.54) is 0 Å². The van der Waals surface area contributed by atoms with Gasteiger partial charge >= 0.3 is 0 Å². The molecule has 0 radical (unpaired) electrons. The molecule has 0 atom stereocenters. The number of pyridine rings is 1. The van der Waals surface area contributed by atoms with E-state index in [1.807, 2.05) is 26.0 Å². The van der Waals surface area contributed by atoms with Gasteiger partial charge in [0, 0.05) is 18.9 Å². The number of carbonyl (C=O) groups is 1. The predicted molar refractivity (Wildman–Crippen MR) is 80.7 cm³/mol. The van der Waals surface area contributed by atoms with E-state index in [0.717, 1.165) is 16.8 Å². The molecule has 5 heteroatoms. The monoisotopic (exact) mass is 270 g/mol. The zero-order valence-corrected chi connectivity index (χ0v) is 11.8. The molecule has 3 N–H and O–H groups in total. The van der Waals surface area contributed by atoms with Gasteiger partial charge in [-0.3, -0.25) is 4.79 Å². The lowest BCUT2D eigenvalue weighted by atomic mass is 10.1. The van der Waals surface area contributed by atoms with E-state index >= 15 is 0 Å². The first-order chi connectivity index (χ1) is 9.52. The van der Waals surface area contributed by atoms with E-state index in [4.69, 9.17) is 5.84 Å². The van der Waals surface area contributed by atoms with Gasteiger partial charge in [0.15, 0.2) is 5.82 Å². The normalized spacial score (nSPS) is 10.2. The topological polar surface area (TPSA) is 71.2 Å². The van der Waals surface area contributed by atoms with Crippen molar-refractivity contribution in [2.45, 2.75) is 13.8 Å². The summed E-state index contributed by atoms with van der Waals surface area (Å²) >= 11 is 0. The number of carbonyl (C=O) groups excluding carboxylic acids is 1. The second-order valence-electron chi connectivity index (χ2n) is 4.75. The first kappa shape index (κ1) is 14.0. The van der Waals surface area contributed by atoms with Crippen LogP contribution in [0.4, 0.5) is 11.5 Å². The number of hydrogen-bond donors (Lipinski definition) is 2. The number of nitrogens with two attached hydrogens (primary N) is 1. The molecule has 0 aliphatic rings. The van der Waals surface area contributed by atoms with Crippen molar-refractivity contribution < 1.29 is 4.79 Å². The quantitative estimate of drug-likeness (QED) is 0.663. The Balaban J connectivity index is 2.37. The highest BCUT2D eigenvalue weighted by Crippen LogP contribution is 2.21. The van der Waals surface area contributed by atoms with Gasteiger partial charge in [0.2, 0.25) is 0 Å². The molecule has 1 heterocycles. The van der Waals surface area contributed by atoms with Crippen molar-refractivity contribution in [3.63, 3.8) is 0 Å². The number of rotatable bonds is 3. The van der Waals surface area contributed by atoms with Crippen LogP contribution in [0.2, 0.25) is 0 Å². The molecule has 20 heavy (non-hydrogen) atoms. The van der Waals surface area contributed by atoms with Crippen LogP contribution in [0, 0.1) is 13.8 Å². The summed E-state index contributed by atoms with van der Waals surface area (Å²) in [7, 11) is 1.74. The molecule has 0 fully saturated rings. The molecule has 2 rings (SSSR count). The third-order valence-corrected chi connectivity index (χ3v) is 3.07. The van der Waals surface area contributed by atoms with Gasteiger partial charge in [-0.2, -0.15) is 0 Å². The summed E-state index contributed by atoms with van der Waals surface area (Å²) in [5, 5.41) is 0. The minimum absolute atomic E-state index is 0.156. The van der Waals surface area contributed by atoms with Crippen LogP contribution in [0.25, 0.3) is 0 Å². The van der Waals surface area contributed by atoms with E-state index in [1.54, 1.807) is 30.3 Å². The van der Waals surface area contributed by atoms with Gasteiger partial charge < -0.3 is 10.3 Å². The molecule has 2 aromatic rings. The Morgan fingerprint density at radius 3 is 2.50 bits per heavy atom. The highest BCUT2D eigenvalue weighted by molar-refractivity contribution is 6.08. The average molecular weight is 270 g/mol. The van der Waals surface area contributed by atoms with E-state index in [-0.39, 0.29) is 5.91 Å². The molecule has 0 spiro atoms. The Kier molecular flexibility index (Phi) is 4.00. The lowest BCUT2D eigenvalue weighted by molar-refractivity contribution is 0.0993. The van der Waals surface area contributed by atoms with Crippen LogP contribution in [0.3, 0.4) is 0 Å². The molecule has 0 unspecified atom stereocenters. The molecular formula is C15H18N4O. The highest BCUT2D eigenvalue weighted by Gasteiger charge is 2.17. The van der Waals surface area contributed by atoms with Crippen LogP contribution in [0.15, 0.2) is 36.5 Å². The van der Waals surface area contributed by atoms with Gasteiger partial charge in [-0.1, -0.05) is 6.07 Å². The smallest absolute Gasteiger partial charge is 0.261 e. The Labute approximate surface area is 118 Å². The van der Waals surface area contributed by atoms with Crippen LogP contribution < -0.4 is 16.2 Å². The molecule has 1 amide bonds. The van der Waals surface area contributed by atoms with Gasteiger partial charge in [-0.25, -0.2) is 10.8 Å². The van der Waals surface area contributed by atoms with Crippen molar-refractivity contribution in [2.24, 2.45) is 5.84 Å². The lowest BCUT2D eigenvalue weighted by Crippen LogP contribution is -2.28. The number of nitrogen functional groups attached to an aromatic ring is 1. The maximum absolute atomic E-state index is 12.5. The lowest BCUT2D eigenvalue weighted by Gasteiger charge is -2.19. The third-order valence-electron chi connectivity index (χ3n) is 3.07. The minimum atomic E-state index is -0.156. The second-order valence-corrected chi connectivity index (χ2v) is 4.75. The number of hydrazine groups is 1. The van der Waals surface area contributed by atoms with E-state index in [9.17, 15) is 4.79 Å². The second kappa shape index (κ2) is 5.71. The molecule has 1 aromatic heterocycles. The fourth-order valence-electron chi connectivity index (χ4n) is 2.14. The van der Waals surface area contributed by atoms with Crippen molar-refractivity contribution in [3.8, 4) is 0 Å². The summed E-state index contributed by atoms with van der Waals surface area (Å²) in [6, 6.07) is 9.42. The van der Waals surface area contributed by atoms with Gasteiger partial charge in [0.1, 0.15) is 0 Å². The number of aromatic nitrogens is 1. The maximum Gasteiger partial charge on any atom is 0.261 e. The highest BCUT2D eigenvalue weighted by atomic mass is 16.2. The number of nitrogens with zero attached hydrogens (tertiary/aromatic N) is 2. The first-order valence-corrected chi connectivity index (χ1v) is 6.31. The van der Waals surface area contributed by atoms with Crippen LogP contribution in [-0.4, -0.2) is 17.9 Å². The zero-order chi connectivity index (χ0) is 14.7. The predicted octanol–water partition coefficient (Wildman–Crippen LogP) is 2.26. The van der Waals surface area contributed by atoms with Gasteiger partial charge in [-0.15, -0.1) is 0 Å². The molecule has 0 bridgehead atoms. The van der Waals surface area contributed by atoms with Crippen molar-refractivity contribution >= 4 is 17.4 Å². The Morgan fingerprint density at radius 1 is 1.25 bits per heavy atom. The van der Waals surface area contributed by atoms with E-state index in [0.29, 0.717) is 11.4 Å². The van der Waals surface area contributed by atoms with E-state index in [2.05, 4.69) is 16.5 Å². The summed E-state index contributed by atoms with van der Waals surface area (Å²) in [6.45, 7) is 4.01. The van der Waals surface area contributed by atoms with Crippen LogP contribution in [-0.2, 0) is 0 Å². The molecule has 0 aliphatic heterocycles. The van der Waals surface area contributed by atoms with Crippen molar-refractivity contribution in [1.29, 1.82) is 0 Å². The molecule has 0 saturated carbocycles. The molecule has 0 saturated heterocycles. The standard InChI is InChI=1S/C15H18N4O/c1-10-7-11(2)9-12(8-10)19(3)15(20)13-5-4-6-17-14(13)18-16/h4-9H,16H2,1-3H3,(H,17,18). The average Bonchev–Trinajstić information content (AvgIpc) is 2.44. The number of nitrogens with one attached hydrogen (secondary N) is 1. The number of amides is 1. The third kappa shape index (κ3) is 2.78. The largest absolute Gasteiger partial charge is 0.311 e. The first-order valence-electron chi connectivity index (χ1n) is 6.31. The Morgan fingerprint density at radius 2 is 1.90 bits per heavy atom. The van der Waals surface area contributed by atoms with Gasteiger partial charge in [0.25, 0.3) is 5.91 Å². The van der Waals surface area contributed by atoms with Crippen LogP contribution >= 0.6 is 0 Å². The summed E-state index contributed by atoms with van der Waals surface area (Å²) < 4.78 is 0. The minimum Gasteiger partial charge on any atom is -0.311 e. The fourth-order valence-corrected chi connectivity index (χ4v) is 2.14. The Hall–Kier alpha value is -2.40. The number of anilines is 2. The summed E-state index contributed by atoms with van der Waals surface area (Å²) in [6.07, 6.45) is 1.59. The summed E-state index contributed by atoms with van der Waals surface area (Å²) in [5.41, 5.74) is 5.96. The number of hydrogen-bond acceptors (Lipinski definition) is 4. The fraction of sp³-hybridized carbons (Fsp3) is 0.200. The Bertz CT molecular complexity index is 619. The summed E-state index contributed by atoms with van der Waals surface area (Å²) in [5.74, 6) is 5.61. The van der Waals surface area contributed by atoms with Gasteiger partial charge in [-0.05, 0) is 49.2 Å². The summed E-state index contributed by atoms with van der Waals surface area (Å²) in [4.78, 5) is 18.2. The SMILES string of the molecule is Cc1cc(C)cc(N(C)C(=O)c2cccnc2NN)c1. The molecule has 0 aliphatic carbocycles. The van der Waals surface area contributed by atoms with Crippen LogP contribution in [0.5, 0.6) is 0 Å². The number of benzene rings is 1. The van der Waals surface area contributed by atoms with E-state index < -0.39 is 0 Å². The molecule has 104 valence electrons. The van der Waals surface area contributed by atoms with Crippen LogP contribution in [0.1, 0.15) is 21.5 Å². The molecule has 1 aromatic carbocycles. The van der Waals surface area contributed by atoms with Crippen molar-refractivity contribution in [1.82, 2.24) is 4.98 Å². The van der Waals surface area contributed by atoms with Crippen molar-refractivity contribution in [3.05, 3.63) is 53.2 Å². The zero-order valence-electron chi connectivity index (χ0n) is 11.8. The maximum atomic E-state index is 12.5. The van der Waals surface area contributed by atoms with Crippen molar-refractivity contribution in [2.75, 3.05) is 17.4 Å². The molecule has 5 nitrogen and oxygen atoms in total. The molecular weight excluding hydrogens is 252 g/mol. The van der Waals surface area contributed by atoms with Gasteiger partial charge in [0.05, 0.1) is 5.56 Å².